The number of nitrogens with zero attached hydrogens (tertiary/aromatic N) is 3. The first-order valence-corrected chi connectivity index (χ1v) is 11.2. The number of thiophene rings is 1. The van der Waals surface area contributed by atoms with Crippen molar-refractivity contribution in [2.45, 2.75) is 56.4 Å². The summed E-state index contributed by atoms with van der Waals surface area (Å²) in [5.41, 5.74) is 2.47. The highest BCUT2D eigenvalue weighted by Crippen LogP contribution is 2.37. The minimum atomic E-state index is -0.456. The lowest BCUT2D eigenvalue weighted by Gasteiger charge is -2.09. The van der Waals surface area contributed by atoms with Crippen LogP contribution in [0.4, 0.5) is 5.00 Å². The molecule has 0 radical (unpaired) electrons. The van der Waals surface area contributed by atoms with Gasteiger partial charge in [-0.05, 0) is 51.2 Å². The average Bonchev–Trinajstić information content (AvgIpc) is 3.37. The topological polar surface area (TPSA) is 105 Å². The van der Waals surface area contributed by atoms with E-state index in [4.69, 9.17) is 8.83 Å². The largest absolute Gasteiger partial charge is 0.469 e. The fourth-order valence-corrected chi connectivity index (χ4v) is 5.27. The Morgan fingerprint density at radius 1 is 1.34 bits per heavy atom. The lowest BCUT2D eigenvalue weighted by atomic mass is 10.1. The molecular formula is C20H20N4O3S2. The predicted octanol–water partition coefficient (Wildman–Crippen LogP) is 4.96. The molecule has 29 heavy (non-hydrogen) atoms. The van der Waals surface area contributed by atoms with Crippen molar-refractivity contribution in [1.82, 2.24) is 10.2 Å². The molecule has 0 bridgehead atoms. The van der Waals surface area contributed by atoms with Crippen LogP contribution in [0.1, 0.15) is 48.0 Å². The van der Waals surface area contributed by atoms with Gasteiger partial charge in [0.15, 0.2) is 0 Å². The summed E-state index contributed by atoms with van der Waals surface area (Å²) in [5, 5.41) is 21.1. The van der Waals surface area contributed by atoms with Gasteiger partial charge in [0.2, 0.25) is 5.91 Å². The van der Waals surface area contributed by atoms with E-state index in [-0.39, 0.29) is 5.91 Å². The number of carbonyl (C=O) groups is 1. The summed E-state index contributed by atoms with van der Waals surface area (Å²) in [4.78, 5) is 13.9. The number of carbonyl (C=O) groups excluding carboxylic acids is 1. The third kappa shape index (κ3) is 4.09. The van der Waals surface area contributed by atoms with Crippen molar-refractivity contribution in [2.24, 2.45) is 0 Å². The molecule has 4 rings (SSSR count). The van der Waals surface area contributed by atoms with Gasteiger partial charge in [-0.25, -0.2) is 0 Å². The van der Waals surface area contributed by atoms with Gasteiger partial charge in [-0.1, -0.05) is 18.2 Å². The first-order chi connectivity index (χ1) is 14.1. The average molecular weight is 429 g/mol. The van der Waals surface area contributed by atoms with E-state index in [1.54, 1.807) is 19.3 Å². The number of fused-ring (bicyclic) bond motifs is 1. The number of nitriles is 1. The number of anilines is 1. The summed E-state index contributed by atoms with van der Waals surface area (Å²) in [6.45, 7) is 3.59. The number of nitrogens with one attached hydrogen (secondary N) is 1. The number of amides is 1. The Labute approximate surface area is 176 Å². The third-order valence-corrected chi connectivity index (χ3v) is 7.05. The van der Waals surface area contributed by atoms with Crippen molar-refractivity contribution in [3.05, 3.63) is 34.1 Å². The molecule has 0 saturated carbocycles. The maximum absolute atomic E-state index is 12.7. The second kappa shape index (κ2) is 8.43. The fourth-order valence-electron chi connectivity index (χ4n) is 3.34. The molecule has 3 heterocycles. The molecule has 1 amide bonds. The molecule has 0 fully saturated rings. The molecule has 1 aliphatic carbocycles. The highest BCUT2D eigenvalue weighted by molar-refractivity contribution is 8.00. The van der Waals surface area contributed by atoms with Gasteiger partial charge in [0.25, 0.3) is 11.1 Å². The van der Waals surface area contributed by atoms with Gasteiger partial charge in [-0.3, -0.25) is 4.79 Å². The monoisotopic (exact) mass is 428 g/mol. The quantitative estimate of drug-likeness (QED) is 0.452. The van der Waals surface area contributed by atoms with E-state index in [0.29, 0.717) is 27.4 Å². The van der Waals surface area contributed by atoms with Crippen molar-refractivity contribution in [3.63, 3.8) is 0 Å². The number of thioether (sulfide) groups is 1. The van der Waals surface area contributed by atoms with Gasteiger partial charge in [0.05, 0.1) is 22.6 Å². The molecule has 1 unspecified atom stereocenters. The van der Waals surface area contributed by atoms with Gasteiger partial charge in [0.1, 0.15) is 16.8 Å². The summed E-state index contributed by atoms with van der Waals surface area (Å²) in [7, 11) is 0. The molecule has 0 aliphatic heterocycles. The predicted molar refractivity (Wildman–Crippen MR) is 111 cm³/mol. The highest BCUT2D eigenvalue weighted by atomic mass is 32.2. The van der Waals surface area contributed by atoms with Gasteiger partial charge in [-0.2, -0.15) is 5.26 Å². The van der Waals surface area contributed by atoms with Crippen LogP contribution < -0.4 is 5.32 Å². The second-order valence-electron chi connectivity index (χ2n) is 6.89. The van der Waals surface area contributed by atoms with Crippen LogP contribution in [0, 0.1) is 18.3 Å². The van der Waals surface area contributed by atoms with E-state index in [9.17, 15) is 10.1 Å². The number of aromatic nitrogens is 2. The van der Waals surface area contributed by atoms with Crippen LogP contribution in [0.25, 0.3) is 11.5 Å². The lowest BCUT2D eigenvalue weighted by molar-refractivity contribution is -0.115. The Hall–Kier alpha value is -2.57. The Kier molecular flexibility index (Phi) is 5.74. The van der Waals surface area contributed by atoms with E-state index < -0.39 is 5.25 Å². The molecule has 0 spiro atoms. The first kappa shape index (κ1) is 19.7. The van der Waals surface area contributed by atoms with Gasteiger partial charge in [-0.15, -0.1) is 21.5 Å². The number of hydrogen-bond acceptors (Lipinski definition) is 8. The van der Waals surface area contributed by atoms with Crippen LogP contribution >= 0.6 is 23.1 Å². The van der Waals surface area contributed by atoms with E-state index in [0.717, 1.165) is 36.8 Å². The SMILES string of the molecule is Cc1occc1-c1nnc(SC(C)C(=O)Nc2sc3c(c2C#N)CCCCC3)o1. The molecule has 7 nitrogen and oxygen atoms in total. The van der Waals surface area contributed by atoms with Gasteiger partial charge >= 0.3 is 0 Å². The molecule has 3 aromatic rings. The highest BCUT2D eigenvalue weighted by Gasteiger charge is 2.24. The van der Waals surface area contributed by atoms with Crippen LogP contribution in [0.5, 0.6) is 0 Å². The maximum Gasteiger partial charge on any atom is 0.277 e. The van der Waals surface area contributed by atoms with E-state index in [1.165, 1.54) is 34.4 Å². The second-order valence-corrected chi connectivity index (χ2v) is 9.29. The summed E-state index contributed by atoms with van der Waals surface area (Å²) in [6.07, 6.45) is 6.86. The molecular weight excluding hydrogens is 408 g/mol. The molecule has 1 atom stereocenters. The summed E-state index contributed by atoms with van der Waals surface area (Å²) >= 11 is 2.72. The normalized spacial score (nSPS) is 14.7. The number of rotatable bonds is 5. The van der Waals surface area contributed by atoms with Gasteiger partial charge < -0.3 is 14.2 Å². The Morgan fingerprint density at radius 3 is 2.93 bits per heavy atom. The molecule has 0 aromatic carbocycles. The summed E-state index contributed by atoms with van der Waals surface area (Å²) < 4.78 is 10.9. The fraction of sp³-hybridized carbons (Fsp3) is 0.400. The minimum Gasteiger partial charge on any atom is -0.469 e. The molecule has 3 aromatic heterocycles. The number of hydrogen-bond donors (Lipinski definition) is 1. The first-order valence-electron chi connectivity index (χ1n) is 9.47. The van der Waals surface area contributed by atoms with Gasteiger partial charge in [0, 0.05) is 4.88 Å². The maximum atomic E-state index is 12.7. The van der Waals surface area contributed by atoms with Crippen molar-refractivity contribution in [2.75, 3.05) is 5.32 Å². The lowest BCUT2D eigenvalue weighted by Crippen LogP contribution is -2.22. The number of aryl methyl sites for hydroxylation is 2. The Morgan fingerprint density at radius 2 is 2.17 bits per heavy atom. The van der Waals surface area contributed by atoms with Crippen LogP contribution in [0.3, 0.4) is 0 Å². The summed E-state index contributed by atoms with van der Waals surface area (Å²) in [6, 6.07) is 4.05. The Bertz CT molecular complexity index is 1080. The molecule has 150 valence electrons. The standard InChI is InChI=1S/C20H20N4O3S2/c1-11-13(8-9-26-11)18-23-24-20(27-18)28-12(2)17(25)22-19-15(10-21)14-6-4-3-5-7-16(14)29-19/h8-9,12H,3-7H2,1-2H3,(H,22,25). The van der Waals surface area contributed by atoms with Crippen molar-refractivity contribution >= 4 is 34.0 Å². The zero-order valence-corrected chi connectivity index (χ0v) is 17.8. The molecule has 0 saturated heterocycles. The number of furan rings is 1. The third-order valence-electron chi connectivity index (χ3n) is 4.91. The van der Waals surface area contributed by atoms with Crippen LogP contribution in [0.15, 0.2) is 26.4 Å². The van der Waals surface area contributed by atoms with Crippen molar-refractivity contribution in [1.29, 1.82) is 5.26 Å². The molecule has 1 aliphatic rings. The van der Waals surface area contributed by atoms with Crippen LogP contribution in [0.2, 0.25) is 0 Å². The molecule has 1 N–H and O–H groups in total. The van der Waals surface area contributed by atoms with E-state index >= 15 is 0 Å². The zero-order valence-electron chi connectivity index (χ0n) is 16.2. The van der Waals surface area contributed by atoms with E-state index in [2.05, 4.69) is 21.6 Å². The van der Waals surface area contributed by atoms with Crippen molar-refractivity contribution in [3.8, 4) is 17.5 Å². The van der Waals surface area contributed by atoms with Crippen LogP contribution in [-0.4, -0.2) is 21.4 Å². The molecule has 9 heteroatoms. The smallest absolute Gasteiger partial charge is 0.277 e. The zero-order chi connectivity index (χ0) is 20.4. The Balaban J connectivity index is 1.45. The van der Waals surface area contributed by atoms with Crippen molar-refractivity contribution < 1.29 is 13.6 Å². The minimum absolute atomic E-state index is 0.192. The van der Waals surface area contributed by atoms with Crippen LogP contribution in [-0.2, 0) is 17.6 Å². The van der Waals surface area contributed by atoms with E-state index in [1.807, 2.05) is 6.92 Å². The summed E-state index contributed by atoms with van der Waals surface area (Å²) in [5.74, 6) is 0.861.